The number of rotatable bonds is 7. The number of aryl methyl sites for hydroxylation is 1. The summed E-state index contributed by atoms with van der Waals surface area (Å²) in [5.74, 6) is 0.408. The minimum absolute atomic E-state index is 0.0104. The van der Waals surface area contributed by atoms with E-state index in [2.05, 4.69) is 0 Å². The van der Waals surface area contributed by atoms with Gasteiger partial charge in [-0.15, -0.1) is 0 Å². The number of nitrogens with zero attached hydrogens (tertiary/aromatic N) is 3. The molecule has 1 amide bonds. The summed E-state index contributed by atoms with van der Waals surface area (Å²) in [7, 11) is 0. The van der Waals surface area contributed by atoms with Crippen molar-refractivity contribution >= 4 is 5.91 Å². The molecular formula is C29H31N3O3. The highest BCUT2D eigenvalue weighted by Crippen LogP contribution is 2.35. The van der Waals surface area contributed by atoms with Gasteiger partial charge >= 0.3 is 0 Å². The molecule has 0 aliphatic rings. The van der Waals surface area contributed by atoms with Crippen LogP contribution in [-0.4, -0.2) is 43.9 Å². The number of phenols is 2. The van der Waals surface area contributed by atoms with Gasteiger partial charge < -0.3 is 15.1 Å². The van der Waals surface area contributed by atoms with E-state index in [0.717, 1.165) is 33.6 Å². The van der Waals surface area contributed by atoms with Crippen molar-refractivity contribution in [3.8, 4) is 22.6 Å². The van der Waals surface area contributed by atoms with Crippen molar-refractivity contribution in [2.75, 3.05) is 13.1 Å². The van der Waals surface area contributed by atoms with Crippen molar-refractivity contribution in [3.63, 3.8) is 0 Å². The third kappa shape index (κ3) is 4.78. The van der Waals surface area contributed by atoms with Gasteiger partial charge in [0.15, 0.2) is 0 Å². The van der Waals surface area contributed by atoms with Crippen LogP contribution in [0.25, 0.3) is 11.1 Å². The van der Waals surface area contributed by atoms with Crippen molar-refractivity contribution in [1.82, 2.24) is 14.7 Å². The Hall–Kier alpha value is -4.06. The Morgan fingerprint density at radius 1 is 0.886 bits per heavy atom. The normalized spacial score (nSPS) is 11.9. The zero-order chi connectivity index (χ0) is 25.1. The molecule has 0 fully saturated rings. The summed E-state index contributed by atoms with van der Waals surface area (Å²) in [4.78, 5) is 14.6. The highest BCUT2D eigenvalue weighted by Gasteiger charge is 2.24. The quantitative estimate of drug-likeness (QED) is 0.364. The lowest BCUT2D eigenvalue weighted by Gasteiger charge is -2.22. The van der Waals surface area contributed by atoms with Crippen LogP contribution in [0.5, 0.6) is 11.5 Å². The van der Waals surface area contributed by atoms with Crippen molar-refractivity contribution in [2.24, 2.45) is 0 Å². The standard InChI is InChI=1S/C29H31N3O3/c1-5-31(6-2)29(35)23-12-10-22(11-13-23)28(24-8-7-9-26(34)18-24)32-20(4)27(19(3)30-32)21-14-16-25(33)17-15-21/h7-18,28,33-34H,5-6H2,1-4H3. The van der Waals surface area contributed by atoms with Crippen LogP contribution in [0.15, 0.2) is 72.8 Å². The first-order valence-electron chi connectivity index (χ1n) is 11.9. The van der Waals surface area contributed by atoms with Crippen molar-refractivity contribution < 1.29 is 15.0 Å². The summed E-state index contributed by atoms with van der Waals surface area (Å²) in [6.45, 7) is 9.27. The lowest BCUT2D eigenvalue weighted by molar-refractivity contribution is 0.0773. The highest BCUT2D eigenvalue weighted by molar-refractivity contribution is 5.94. The summed E-state index contributed by atoms with van der Waals surface area (Å²) in [5.41, 5.74) is 6.29. The van der Waals surface area contributed by atoms with Gasteiger partial charge in [-0.05, 0) is 80.8 Å². The fourth-order valence-corrected chi connectivity index (χ4v) is 4.63. The second-order valence-electron chi connectivity index (χ2n) is 8.63. The topological polar surface area (TPSA) is 78.6 Å². The van der Waals surface area contributed by atoms with Crippen molar-refractivity contribution in [3.05, 3.63) is 101 Å². The Bertz CT molecular complexity index is 1320. The van der Waals surface area contributed by atoms with Gasteiger partial charge in [0.1, 0.15) is 17.5 Å². The van der Waals surface area contributed by atoms with Crippen molar-refractivity contribution in [2.45, 2.75) is 33.7 Å². The minimum Gasteiger partial charge on any atom is -0.508 e. The Morgan fingerprint density at radius 2 is 1.54 bits per heavy atom. The lowest BCUT2D eigenvalue weighted by Crippen LogP contribution is -2.30. The molecule has 0 aliphatic carbocycles. The van der Waals surface area contributed by atoms with Gasteiger partial charge in [0, 0.05) is 29.9 Å². The lowest BCUT2D eigenvalue weighted by atomic mass is 9.96. The van der Waals surface area contributed by atoms with Crippen LogP contribution in [0.2, 0.25) is 0 Å². The summed E-state index contributed by atoms with van der Waals surface area (Å²) in [5, 5.41) is 24.8. The largest absolute Gasteiger partial charge is 0.508 e. The van der Waals surface area contributed by atoms with Crippen molar-refractivity contribution in [1.29, 1.82) is 0 Å². The molecule has 2 N–H and O–H groups in total. The molecule has 4 rings (SSSR count). The molecular weight excluding hydrogens is 438 g/mol. The van der Waals surface area contributed by atoms with Gasteiger partial charge in [-0.1, -0.05) is 36.4 Å². The maximum absolute atomic E-state index is 12.8. The molecule has 6 heteroatoms. The first-order chi connectivity index (χ1) is 16.8. The van der Waals surface area contributed by atoms with E-state index in [9.17, 15) is 15.0 Å². The molecule has 1 heterocycles. The number of benzene rings is 3. The summed E-state index contributed by atoms with van der Waals surface area (Å²) in [6.07, 6.45) is 0. The molecule has 35 heavy (non-hydrogen) atoms. The van der Waals surface area contributed by atoms with E-state index in [1.54, 1.807) is 29.2 Å². The molecule has 4 aromatic rings. The highest BCUT2D eigenvalue weighted by atomic mass is 16.3. The SMILES string of the molecule is CCN(CC)C(=O)c1ccc(C(c2cccc(O)c2)n2nc(C)c(-c3ccc(O)cc3)c2C)cc1. The van der Waals surface area contributed by atoms with E-state index >= 15 is 0 Å². The van der Waals surface area contributed by atoms with Crippen LogP contribution in [0, 0.1) is 13.8 Å². The van der Waals surface area contributed by atoms with E-state index < -0.39 is 0 Å². The third-order valence-electron chi connectivity index (χ3n) is 6.44. The number of phenolic OH excluding ortho intramolecular Hbond substituents is 2. The third-order valence-corrected chi connectivity index (χ3v) is 6.44. The first kappa shape index (κ1) is 24.1. The monoisotopic (exact) mass is 469 g/mol. The number of amides is 1. The number of hydrogen-bond donors (Lipinski definition) is 2. The maximum atomic E-state index is 12.8. The Kier molecular flexibility index (Phi) is 6.92. The molecule has 0 spiro atoms. The predicted molar refractivity (Wildman–Crippen MR) is 138 cm³/mol. The van der Waals surface area contributed by atoms with Crippen LogP contribution < -0.4 is 0 Å². The van der Waals surface area contributed by atoms with Gasteiger partial charge in [0.2, 0.25) is 0 Å². The number of carbonyl (C=O) groups is 1. The number of aromatic nitrogens is 2. The molecule has 1 aromatic heterocycles. The van der Waals surface area contributed by atoms with E-state index in [-0.39, 0.29) is 23.4 Å². The van der Waals surface area contributed by atoms with E-state index in [4.69, 9.17) is 5.10 Å². The summed E-state index contributed by atoms with van der Waals surface area (Å²) in [6, 6.07) is 21.6. The average molecular weight is 470 g/mol. The smallest absolute Gasteiger partial charge is 0.253 e. The molecule has 0 saturated carbocycles. The Labute approximate surface area is 206 Å². The van der Waals surface area contributed by atoms with Gasteiger partial charge in [-0.2, -0.15) is 5.10 Å². The van der Waals surface area contributed by atoms with Crippen LogP contribution in [0.3, 0.4) is 0 Å². The fourth-order valence-electron chi connectivity index (χ4n) is 4.63. The molecule has 0 saturated heterocycles. The predicted octanol–water partition coefficient (Wildman–Crippen LogP) is 5.70. The van der Waals surface area contributed by atoms with Gasteiger partial charge in [0.05, 0.1) is 5.69 Å². The van der Waals surface area contributed by atoms with Crippen LogP contribution in [0.1, 0.15) is 52.8 Å². The van der Waals surface area contributed by atoms with E-state index in [1.807, 2.05) is 80.9 Å². The Morgan fingerprint density at radius 3 is 2.14 bits per heavy atom. The zero-order valence-corrected chi connectivity index (χ0v) is 20.6. The minimum atomic E-state index is -0.302. The maximum Gasteiger partial charge on any atom is 0.253 e. The molecule has 0 radical (unpaired) electrons. The molecule has 0 bridgehead atoms. The summed E-state index contributed by atoms with van der Waals surface area (Å²) >= 11 is 0. The molecule has 3 aromatic carbocycles. The number of carbonyl (C=O) groups excluding carboxylic acids is 1. The number of aromatic hydroxyl groups is 2. The fraction of sp³-hybridized carbons (Fsp3) is 0.241. The van der Waals surface area contributed by atoms with Crippen LogP contribution in [0.4, 0.5) is 0 Å². The van der Waals surface area contributed by atoms with Crippen LogP contribution in [-0.2, 0) is 0 Å². The summed E-state index contributed by atoms with van der Waals surface area (Å²) < 4.78 is 1.97. The van der Waals surface area contributed by atoms with E-state index in [1.165, 1.54) is 0 Å². The van der Waals surface area contributed by atoms with Crippen LogP contribution >= 0.6 is 0 Å². The molecule has 180 valence electrons. The second kappa shape index (κ2) is 10.1. The van der Waals surface area contributed by atoms with Gasteiger partial charge in [-0.25, -0.2) is 0 Å². The van der Waals surface area contributed by atoms with Gasteiger partial charge in [-0.3, -0.25) is 9.48 Å². The average Bonchev–Trinajstić information content (AvgIpc) is 3.14. The second-order valence-corrected chi connectivity index (χ2v) is 8.63. The van der Waals surface area contributed by atoms with Gasteiger partial charge in [0.25, 0.3) is 5.91 Å². The zero-order valence-electron chi connectivity index (χ0n) is 20.6. The molecule has 6 nitrogen and oxygen atoms in total. The molecule has 1 unspecified atom stereocenters. The number of hydrogen-bond acceptors (Lipinski definition) is 4. The molecule has 0 aliphatic heterocycles. The Balaban J connectivity index is 1.82. The first-order valence-corrected chi connectivity index (χ1v) is 11.9. The molecule has 1 atom stereocenters. The van der Waals surface area contributed by atoms with E-state index in [0.29, 0.717) is 18.7 Å².